The lowest BCUT2D eigenvalue weighted by molar-refractivity contribution is 0.252. The van der Waals surface area contributed by atoms with Crippen LogP contribution in [0.4, 0.5) is 10.5 Å². The van der Waals surface area contributed by atoms with Crippen molar-refractivity contribution in [2.24, 2.45) is 0 Å². The highest BCUT2D eigenvalue weighted by atomic mass is 79.9. The molecule has 122 valence electrons. The summed E-state index contributed by atoms with van der Waals surface area (Å²) in [6.07, 6.45) is 1.55. The molecule has 1 aromatic carbocycles. The number of carbonyl (C=O) groups is 1. The average Bonchev–Trinajstić information content (AvgIpc) is 3.08. The molecule has 0 atom stereocenters. The van der Waals surface area contributed by atoms with E-state index in [1.807, 2.05) is 41.8 Å². The van der Waals surface area contributed by atoms with E-state index in [9.17, 15) is 4.79 Å². The zero-order valence-electron chi connectivity index (χ0n) is 12.5. The van der Waals surface area contributed by atoms with Gasteiger partial charge in [0.15, 0.2) is 0 Å². The number of aromatic nitrogens is 1. The smallest absolute Gasteiger partial charge is 0.319 e. The Hall–Kier alpha value is -2.38. The van der Waals surface area contributed by atoms with Gasteiger partial charge in [-0.25, -0.2) is 9.78 Å². The Kier molecular flexibility index (Phi) is 5.45. The second-order valence-electron chi connectivity index (χ2n) is 4.83. The number of hydrogen-bond acceptors (Lipinski definition) is 4. The van der Waals surface area contributed by atoms with E-state index in [2.05, 4.69) is 31.5 Å². The lowest BCUT2D eigenvalue weighted by Gasteiger charge is -2.08. The molecular weight excluding hydrogens is 390 g/mol. The summed E-state index contributed by atoms with van der Waals surface area (Å²) in [5.74, 6) is 1.14. The van der Waals surface area contributed by atoms with Crippen molar-refractivity contribution >= 4 is 39.0 Å². The molecule has 0 aliphatic heterocycles. The molecule has 0 saturated heterocycles. The molecule has 0 spiro atoms. The van der Waals surface area contributed by atoms with Gasteiger partial charge in [0.25, 0.3) is 0 Å². The predicted octanol–water partition coefficient (Wildman–Crippen LogP) is 5.02. The molecule has 0 saturated carbocycles. The molecule has 2 aromatic heterocycles. The van der Waals surface area contributed by atoms with Crippen molar-refractivity contribution in [3.63, 3.8) is 0 Å². The second kappa shape index (κ2) is 7.94. The minimum absolute atomic E-state index is 0.272. The first kappa shape index (κ1) is 16.5. The zero-order valence-corrected chi connectivity index (χ0v) is 14.9. The normalized spacial score (nSPS) is 10.2. The van der Waals surface area contributed by atoms with Gasteiger partial charge < -0.3 is 15.4 Å². The van der Waals surface area contributed by atoms with Gasteiger partial charge in [0.2, 0.25) is 5.88 Å². The molecule has 0 bridgehead atoms. The zero-order chi connectivity index (χ0) is 16.8. The number of carbonyl (C=O) groups excluding carboxylic acids is 1. The third-order valence-electron chi connectivity index (χ3n) is 3.02. The van der Waals surface area contributed by atoms with E-state index in [1.54, 1.807) is 29.7 Å². The van der Waals surface area contributed by atoms with Crippen LogP contribution in [0, 0.1) is 0 Å². The number of thiophene rings is 1. The van der Waals surface area contributed by atoms with Crippen molar-refractivity contribution < 1.29 is 9.53 Å². The number of benzene rings is 1. The van der Waals surface area contributed by atoms with E-state index < -0.39 is 0 Å². The monoisotopic (exact) mass is 403 g/mol. The van der Waals surface area contributed by atoms with Crippen LogP contribution in [-0.4, -0.2) is 11.0 Å². The lowest BCUT2D eigenvalue weighted by atomic mass is 10.3. The standard InChI is InChI=1S/C17H14BrN3O2S/c18-12-3-1-4-14(9-12)23-16-7-6-13(10-19-16)21-17(22)20-11-15-5-2-8-24-15/h1-10H,11H2,(H2,20,21,22). The van der Waals surface area contributed by atoms with Gasteiger partial charge in [-0.05, 0) is 35.7 Å². The average molecular weight is 404 g/mol. The Morgan fingerprint density at radius 1 is 1.21 bits per heavy atom. The van der Waals surface area contributed by atoms with Crippen LogP contribution < -0.4 is 15.4 Å². The van der Waals surface area contributed by atoms with Gasteiger partial charge >= 0.3 is 6.03 Å². The molecule has 0 unspecified atom stereocenters. The highest BCUT2D eigenvalue weighted by Crippen LogP contribution is 2.23. The van der Waals surface area contributed by atoms with Crippen molar-refractivity contribution in [2.45, 2.75) is 6.54 Å². The van der Waals surface area contributed by atoms with E-state index in [0.29, 0.717) is 23.9 Å². The molecule has 0 fully saturated rings. The molecule has 2 amide bonds. The van der Waals surface area contributed by atoms with Crippen LogP contribution in [0.5, 0.6) is 11.6 Å². The molecule has 2 heterocycles. The van der Waals surface area contributed by atoms with Crippen molar-refractivity contribution in [3.8, 4) is 11.6 Å². The maximum atomic E-state index is 11.8. The Morgan fingerprint density at radius 2 is 2.12 bits per heavy atom. The summed E-state index contributed by atoms with van der Waals surface area (Å²) in [5.41, 5.74) is 0.597. The van der Waals surface area contributed by atoms with Gasteiger partial charge in [-0.15, -0.1) is 11.3 Å². The van der Waals surface area contributed by atoms with E-state index in [-0.39, 0.29) is 6.03 Å². The Labute approximate surface area is 151 Å². The molecule has 2 N–H and O–H groups in total. The number of pyridine rings is 1. The van der Waals surface area contributed by atoms with E-state index in [0.717, 1.165) is 9.35 Å². The van der Waals surface area contributed by atoms with Gasteiger partial charge in [0.05, 0.1) is 18.4 Å². The number of nitrogens with one attached hydrogen (secondary N) is 2. The minimum Gasteiger partial charge on any atom is -0.439 e. The summed E-state index contributed by atoms with van der Waals surface area (Å²) in [7, 11) is 0. The first-order chi connectivity index (χ1) is 11.7. The second-order valence-corrected chi connectivity index (χ2v) is 6.78. The maximum Gasteiger partial charge on any atom is 0.319 e. The molecule has 0 aliphatic rings. The van der Waals surface area contributed by atoms with E-state index >= 15 is 0 Å². The van der Waals surface area contributed by atoms with E-state index in [1.165, 1.54) is 0 Å². The molecule has 3 rings (SSSR count). The maximum absolute atomic E-state index is 11.8. The summed E-state index contributed by atoms with van der Waals surface area (Å²) in [4.78, 5) is 17.1. The first-order valence-electron chi connectivity index (χ1n) is 7.16. The van der Waals surface area contributed by atoms with Gasteiger partial charge in [-0.2, -0.15) is 0 Å². The van der Waals surface area contributed by atoms with Crippen molar-refractivity contribution in [2.75, 3.05) is 5.32 Å². The van der Waals surface area contributed by atoms with Crippen LogP contribution >= 0.6 is 27.3 Å². The van der Waals surface area contributed by atoms with Gasteiger partial charge in [0, 0.05) is 15.4 Å². The fourth-order valence-electron chi connectivity index (χ4n) is 1.92. The molecule has 0 aliphatic carbocycles. The van der Waals surface area contributed by atoms with Crippen molar-refractivity contribution in [3.05, 3.63) is 69.5 Å². The molecule has 24 heavy (non-hydrogen) atoms. The van der Waals surface area contributed by atoms with Crippen molar-refractivity contribution in [1.29, 1.82) is 0 Å². The van der Waals surface area contributed by atoms with Crippen LogP contribution in [0.1, 0.15) is 4.88 Å². The van der Waals surface area contributed by atoms with Crippen LogP contribution in [0.3, 0.4) is 0 Å². The quantitative estimate of drug-likeness (QED) is 0.628. The van der Waals surface area contributed by atoms with Crippen LogP contribution in [0.15, 0.2) is 64.6 Å². The van der Waals surface area contributed by atoms with Gasteiger partial charge in [-0.3, -0.25) is 0 Å². The Balaban J connectivity index is 1.53. The van der Waals surface area contributed by atoms with Crippen LogP contribution in [0.25, 0.3) is 0 Å². The minimum atomic E-state index is -0.272. The number of urea groups is 1. The molecule has 3 aromatic rings. The third kappa shape index (κ3) is 4.81. The molecule has 0 radical (unpaired) electrons. The summed E-state index contributed by atoms with van der Waals surface area (Å²) in [6, 6.07) is 14.6. The summed E-state index contributed by atoms with van der Waals surface area (Å²) in [5, 5.41) is 7.50. The summed E-state index contributed by atoms with van der Waals surface area (Å²) < 4.78 is 6.58. The molecule has 7 heteroatoms. The highest BCUT2D eigenvalue weighted by molar-refractivity contribution is 9.10. The van der Waals surface area contributed by atoms with Crippen molar-refractivity contribution in [1.82, 2.24) is 10.3 Å². The predicted molar refractivity (Wildman–Crippen MR) is 98.6 cm³/mol. The van der Waals surface area contributed by atoms with E-state index in [4.69, 9.17) is 4.74 Å². The third-order valence-corrected chi connectivity index (χ3v) is 4.39. The molecule has 5 nitrogen and oxygen atoms in total. The van der Waals surface area contributed by atoms with Crippen LogP contribution in [-0.2, 0) is 6.54 Å². The first-order valence-corrected chi connectivity index (χ1v) is 8.83. The fourth-order valence-corrected chi connectivity index (χ4v) is 2.94. The Morgan fingerprint density at radius 3 is 2.83 bits per heavy atom. The number of anilines is 1. The summed E-state index contributed by atoms with van der Waals surface area (Å²) in [6.45, 7) is 0.501. The van der Waals surface area contributed by atoms with Gasteiger partial charge in [-0.1, -0.05) is 28.1 Å². The number of hydrogen-bond donors (Lipinski definition) is 2. The fraction of sp³-hybridized carbons (Fsp3) is 0.0588. The largest absolute Gasteiger partial charge is 0.439 e. The molecular formula is C17H14BrN3O2S. The number of ether oxygens (including phenoxy) is 1. The Bertz CT molecular complexity index is 807. The lowest BCUT2D eigenvalue weighted by Crippen LogP contribution is -2.27. The SMILES string of the molecule is O=C(NCc1cccs1)Nc1ccc(Oc2cccc(Br)c2)nc1. The number of amides is 2. The highest BCUT2D eigenvalue weighted by Gasteiger charge is 2.04. The van der Waals surface area contributed by atoms with Gasteiger partial charge in [0.1, 0.15) is 5.75 Å². The van der Waals surface area contributed by atoms with Crippen LogP contribution in [0.2, 0.25) is 0 Å². The topological polar surface area (TPSA) is 63.2 Å². The number of rotatable bonds is 5. The number of halogens is 1. The number of nitrogens with zero attached hydrogens (tertiary/aromatic N) is 1. The summed E-state index contributed by atoms with van der Waals surface area (Å²) >= 11 is 4.99.